The third kappa shape index (κ3) is 4.24. The smallest absolute Gasteiger partial charge is 0.256 e. The normalized spacial score (nSPS) is 14.9. The Morgan fingerprint density at radius 2 is 1.74 bits per heavy atom. The van der Waals surface area contributed by atoms with E-state index in [9.17, 15) is 22.8 Å². The van der Waals surface area contributed by atoms with Gasteiger partial charge in [-0.3, -0.25) is 9.59 Å². The predicted molar refractivity (Wildman–Crippen MR) is 94.2 cm³/mol. The second kappa shape index (κ2) is 8.00. The number of halogens is 4. The van der Waals surface area contributed by atoms with Crippen LogP contribution in [-0.2, 0) is 0 Å². The van der Waals surface area contributed by atoms with Gasteiger partial charge in [-0.25, -0.2) is 13.2 Å². The number of amides is 2. The van der Waals surface area contributed by atoms with Gasteiger partial charge in [-0.15, -0.1) is 0 Å². The van der Waals surface area contributed by atoms with Crippen LogP contribution >= 0.6 is 11.6 Å². The van der Waals surface area contributed by atoms with E-state index in [2.05, 4.69) is 5.32 Å². The molecule has 1 fully saturated rings. The molecule has 0 unspecified atom stereocenters. The first-order valence-electron chi connectivity index (χ1n) is 8.36. The van der Waals surface area contributed by atoms with Crippen LogP contribution in [0.25, 0.3) is 0 Å². The summed E-state index contributed by atoms with van der Waals surface area (Å²) in [5.74, 6) is -3.52. The van der Waals surface area contributed by atoms with E-state index in [1.54, 1.807) is 0 Å². The summed E-state index contributed by atoms with van der Waals surface area (Å²) in [6.07, 6.45) is 0.846. The maximum atomic E-state index is 13.8. The summed E-state index contributed by atoms with van der Waals surface area (Å²) >= 11 is 5.88. The highest BCUT2D eigenvalue weighted by Crippen LogP contribution is 2.21. The minimum Gasteiger partial charge on any atom is -0.349 e. The minimum absolute atomic E-state index is 0.0203. The summed E-state index contributed by atoms with van der Waals surface area (Å²) in [6.45, 7) is 0.567. The van der Waals surface area contributed by atoms with Crippen LogP contribution in [0, 0.1) is 17.5 Å². The Kier molecular flexibility index (Phi) is 5.70. The predicted octanol–water partition coefficient (Wildman–Crippen LogP) is 3.79. The second-order valence-electron chi connectivity index (χ2n) is 6.26. The topological polar surface area (TPSA) is 49.4 Å². The van der Waals surface area contributed by atoms with Crippen molar-refractivity contribution in [2.45, 2.75) is 18.9 Å². The number of piperidine rings is 1. The average Bonchev–Trinajstić information content (AvgIpc) is 2.61. The largest absolute Gasteiger partial charge is 0.349 e. The minimum atomic E-state index is -0.912. The van der Waals surface area contributed by atoms with Crippen LogP contribution in [0.4, 0.5) is 13.2 Å². The summed E-state index contributed by atoms with van der Waals surface area (Å²) in [5, 5.41) is 2.73. The van der Waals surface area contributed by atoms with Gasteiger partial charge in [0, 0.05) is 25.2 Å². The monoisotopic (exact) mass is 396 g/mol. The SMILES string of the molecule is O=C(NC1CCN(C(=O)c2ccc(F)cc2F)CC1)c1c(F)cccc1Cl. The van der Waals surface area contributed by atoms with Crippen molar-refractivity contribution in [3.05, 3.63) is 70.0 Å². The maximum Gasteiger partial charge on any atom is 0.256 e. The summed E-state index contributed by atoms with van der Waals surface area (Å²) < 4.78 is 40.6. The van der Waals surface area contributed by atoms with Crippen LogP contribution in [0.1, 0.15) is 33.6 Å². The first kappa shape index (κ1) is 19.2. The highest BCUT2D eigenvalue weighted by atomic mass is 35.5. The number of nitrogens with one attached hydrogen (secondary N) is 1. The number of benzene rings is 2. The lowest BCUT2D eigenvalue weighted by molar-refractivity contribution is 0.0693. The van der Waals surface area contributed by atoms with Gasteiger partial charge in [0.25, 0.3) is 11.8 Å². The number of likely N-dealkylation sites (tertiary alicyclic amines) is 1. The summed E-state index contributed by atoms with van der Waals surface area (Å²) in [5.41, 5.74) is -0.414. The fraction of sp³-hybridized carbons (Fsp3) is 0.263. The Balaban J connectivity index is 1.60. The number of rotatable bonds is 3. The Morgan fingerprint density at radius 1 is 1.04 bits per heavy atom. The number of hydrogen-bond acceptors (Lipinski definition) is 2. The molecule has 0 bridgehead atoms. The molecule has 2 aromatic rings. The lowest BCUT2D eigenvalue weighted by atomic mass is 10.0. The lowest BCUT2D eigenvalue weighted by Gasteiger charge is -2.32. The van der Waals surface area contributed by atoms with E-state index in [-0.39, 0.29) is 35.3 Å². The molecule has 0 spiro atoms. The third-order valence-corrected chi connectivity index (χ3v) is 4.78. The van der Waals surface area contributed by atoms with Crippen LogP contribution < -0.4 is 5.32 Å². The molecule has 2 aromatic carbocycles. The molecule has 4 nitrogen and oxygen atoms in total. The average molecular weight is 397 g/mol. The van der Waals surface area contributed by atoms with Crippen LogP contribution in [0.3, 0.4) is 0 Å². The number of carbonyl (C=O) groups is 2. The fourth-order valence-electron chi connectivity index (χ4n) is 3.03. The zero-order valence-corrected chi connectivity index (χ0v) is 14.9. The standard InChI is InChI=1S/C19H16ClF3N2O2/c20-14-2-1-3-15(22)17(14)18(26)24-12-6-8-25(9-7-12)19(27)13-5-4-11(21)10-16(13)23/h1-5,10,12H,6-9H2,(H,24,26). The van der Waals surface area contributed by atoms with Gasteiger partial charge < -0.3 is 10.2 Å². The van der Waals surface area contributed by atoms with Gasteiger partial charge in [-0.05, 0) is 37.1 Å². The zero-order chi connectivity index (χ0) is 19.6. The van der Waals surface area contributed by atoms with Crippen molar-refractivity contribution >= 4 is 23.4 Å². The van der Waals surface area contributed by atoms with Crippen molar-refractivity contribution < 1.29 is 22.8 Å². The summed E-state index contributed by atoms with van der Waals surface area (Å²) in [7, 11) is 0. The van der Waals surface area contributed by atoms with Gasteiger partial charge in [0.15, 0.2) is 0 Å². The highest BCUT2D eigenvalue weighted by Gasteiger charge is 2.27. The first-order chi connectivity index (χ1) is 12.9. The Morgan fingerprint density at radius 3 is 2.37 bits per heavy atom. The quantitative estimate of drug-likeness (QED) is 0.858. The van der Waals surface area contributed by atoms with Crippen LogP contribution in [0.5, 0.6) is 0 Å². The number of nitrogens with zero attached hydrogens (tertiary/aromatic N) is 1. The van der Waals surface area contributed by atoms with Gasteiger partial charge in [0.05, 0.1) is 16.1 Å². The molecule has 1 saturated heterocycles. The molecule has 3 rings (SSSR count). The molecule has 142 valence electrons. The Bertz CT molecular complexity index is 863. The molecule has 0 aliphatic carbocycles. The van der Waals surface area contributed by atoms with E-state index in [1.807, 2.05) is 0 Å². The van der Waals surface area contributed by atoms with Crippen molar-refractivity contribution in [2.75, 3.05) is 13.1 Å². The third-order valence-electron chi connectivity index (χ3n) is 4.47. The molecule has 1 N–H and O–H groups in total. The van der Waals surface area contributed by atoms with E-state index in [4.69, 9.17) is 11.6 Å². The van der Waals surface area contributed by atoms with Gasteiger partial charge in [0.2, 0.25) is 0 Å². The van der Waals surface area contributed by atoms with Crippen molar-refractivity contribution in [1.29, 1.82) is 0 Å². The van der Waals surface area contributed by atoms with Crippen molar-refractivity contribution in [3.8, 4) is 0 Å². The molecule has 8 heteroatoms. The van der Waals surface area contributed by atoms with E-state index in [1.165, 1.54) is 17.0 Å². The Hall–Kier alpha value is -2.54. The molecule has 0 radical (unpaired) electrons. The molecule has 0 aromatic heterocycles. The van der Waals surface area contributed by atoms with E-state index in [0.29, 0.717) is 18.9 Å². The van der Waals surface area contributed by atoms with Gasteiger partial charge >= 0.3 is 0 Å². The molecule has 1 heterocycles. The van der Waals surface area contributed by atoms with Crippen molar-refractivity contribution in [3.63, 3.8) is 0 Å². The number of carbonyl (C=O) groups excluding carboxylic acids is 2. The van der Waals surface area contributed by atoms with Crippen molar-refractivity contribution in [1.82, 2.24) is 10.2 Å². The van der Waals surface area contributed by atoms with E-state index >= 15 is 0 Å². The Labute approximate surface area is 158 Å². The maximum absolute atomic E-state index is 13.8. The summed E-state index contributed by atoms with van der Waals surface area (Å²) in [6, 6.07) is 6.53. The lowest BCUT2D eigenvalue weighted by Crippen LogP contribution is -2.46. The van der Waals surface area contributed by atoms with Gasteiger partial charge in [-0.1, -0.05) is 17.7 Å². The molecule has 2 amide bonds. The molecule has 0 atom stereocenters. The van der Waals surface area contributed by atoms with Crippen molar-refractivity contribution in [2.24, 2.45) is 0 Å². The molecule has 27 heavy (non-hydrogen) atoms. The van der Waals surface area contributed by atoms with Crippen LogP contribution in [0.2, 0.25) is 5.02 Å². The summed E-state index contributed by atoms with van der Waals surface area (Å²) in [4.78, 5) is 26.1. The fourth-order valence-corrected chi connectivity index (χ4v) is 3.28. The number of hydrogen-bond donors (Lipinski definition) is 1. The van der Waals surface area contributed by atoms with E-state index < -0.39 is 29.3 Å². The highest BCUT2D eigenvalue weighted by molar-refractivity contribution is 6.33. The van der Waals surface area contributed by atoms with Gasteiger partial charge in [-0.2, -0.15) is 0 Å². The molecular formula is C19H16ClF3N2O2. The van der Waals surface area contributed by atoms with E-state index in [0.717, 1.165) is 18.2 Å². The molecule has 1 aliphatic rings. The van der Waals surface area contributed by atoms with Crippen LogP contribution in [0.15, 0.2) is 36.4 Å². The molecular weight excluding hydrogens is 381 g/mol. The second-order valence-corrected chi connectivity index (χ2v) is 6.67. The van der Waals surface area contributed by atoms with Crippen LogP contribution in [-0.4, -0.2) is 35.8 Å². The zero-order valence-electron chi connectivity index (χ0n) is 14.1. The first-order valence-corrected chi connectivity index (χ1v) is 8.74. The van der Waals surface area contributed by atoms with Gasteiger partial charge in [0.1, 0.15) is 17.5 Å². The molecule has 1 aliphatic heterocycles. The molecule has 0 saturated carbocycles.